The third kappa shape index (κ3) is 4.23. The highest BCUT2D eigenvalue weighted by Gasteiger charge is 2.66. The van der Waals surface area contributed by atoms with Gasteiger partial charge in [-0.2, -0.15) is 0 Å². The molecule has 194 valence electrons. The molecule has 2 saturated carbocycles. The van der Waals surface area contributed by atoms with Gasteiger partial charge in [-0.3, -0.25) is 24.1 Å². The summed E-state index contributed by atoms with van der Waals surface area (Å²) in [6.07, 6.45) is 5.15. The lowest BCUT2D eigenvalue weighted by molar-refractivity contribution is -0.145. The number of carbonyl (C=O) groups excluding carboxylic acids is 5. The second-order valence-electron chi connectivity index (χ2n) is 10.6. The Kier molecular flexibility index (Phi) is 5.97. The Balaban J connectivity index is 0.974. The maximum Gasteiger partial charge on any atom is 0.343 e. The third-order valence-corrected chi connectivity index (χ3v) is 8.33. The average Bonchev–Trinajstić information content (AvgIpc) is 3.70. The first-order valence-corrected chi connectivity index (χ1v) is 12.9. The van der Waals surface area contributed by atoms with Crippen LogP contribution in [0.15, 0.2) is 60.7 Å². The van der Waals surface area contributed by atoms with Crippen molar-refractivity contribution < 1.29 is 33.4 Å². The normalized spacial score (nSPS) is 28.1. The summed E-state index contributed by atoms with van der Waals surface area (Å²) in [5.74, 6) is -0.932. The Morgan fingerprint density at radius 3 is 2.03 bits per heavy atom. The topological polar surface area (TPSA) is 107 Å². The number of esters is 2. The van der Waals surface area contributed by atoms with E-state index in [9.17, 15) is 24.0 Å². The number of Topliss-reactive ketones (excluding diaryl/α,β-unsaturated/α-hetero) is 1. The largest absolute Gasteiger partial charge is 0.457 e. The highest BCUT2D eigenvalue weighted by Crippen LogP contribution is 2.65. The highest BCUT2D eigenvalue weighted by atomic mass is 16.5. The summed E-state index contributed by atoms with van der Waals surface area (Å²) in [5, 5.41) is 0. The number of nitrogens with zero attached hydrogens (tertiary/aromatic N) is 1. The van der Waals surface area contributed by atoms with E-state index in [4.69, 9.17) is 9.47 Å². The first kappa shape index (κ1) is 24.3. The van der Waals surface area contributed by atoms with Gasteiger partial charge in [0.2, 0.25) is 11.8 Å². The zero-order valence-electron chi connectivity index (χ0n) is 20.9. The van der Waals surface area contributed by atoms with Crippen LogP contribution >= 0.6 is 0 Å². The van der Waals surface area contributed by atoms with Gasteiger partial charge < -0.3 is 9.47 Å². The molecule has 0 aromatic heterocycles. The first-order chi connectivity index (χ1) is 18.3. The molecule has 0 N–H and O–H groups in total. The molecule has 7 rings (SSSR count). The van der Waals surface area contributed by atoms with E-state index in [2.05, 4.69) is 12.2 Å². The fourth-order valence-corrected chi connectivity index (χ4v) is 6.31. The molecule has 2 aromatic carbocycles. The quantitative estimate of drug-likeness (QED) is 0.175. The van der Waals surface area contributed by atoms with E-state index >= 15 is 0 Å². The monoisotopic (exact) mass is 513 g/mol. The number of benzene rings is 2. The van der Waals surface area contributed by atoms with Crippen LogP contribution in [0.3, 0.4) is 0 Å². The van der Waals surface area contributed by atoms with Crippen LogP contribution in [-0.2, 0) is 19.1 Å². The van der Waals surface area contributed by atoms with Gasteiger partial charge in [-0.1, -0.05) is 29.8 Å². The molecule has 0 spiro atoms. The van der Waals surface area contributed by atoms with Crippen molar-refractivity contribution in [1.82, 2.24) is 4.90 Å². The predicted octanol–water partition coefficient (Wildman–Crippen LogP) is 3.38. The summed E-state index contributed by atoms with van der Waals surface area (Å²) in [6, 6.07) is 13.0. The van der Waals surface area contributed by atoms with Crippen molar-refractivity contribution in [3.63, 3.8) is 0 Å². The smallest absolute Gasteiger partial charge is 0.343 e. The van der Waals surface area contributed by atoms with Gasteiger partial charge in [0.05, 0.1) is 23.8 Å². The number of ketones is 1. The minimum atomic E-state index is -0.651. The van der Waals surface area contributed by atoms with Crippen molar-refractivity contribution >= 4 is 29.5 Å². The van der Waals surface area contributed by atoms with E-state index in [-0.39, 0.29) is 54.2 Å². The molecule has 2 bridgehead atoms. The minimum Gasteiger partial charge on any atom is -0.457 e. The Hall–Kier alpha value is -4.07. The molecule has 8 nitrogen and oxygen atoms in total. The number of imide groups is 1. The number of allylic oxidation sites excluding steroid dienone is 2. The van der Waals surface area contributed by atoms with Crippen molar-refractivity contribution in [2.24, 2.45) is 35.5 Å². The van der Waals surface area contributed by atoms with Crippen molar-refractivity contribution in [2.45, 2.75) is 19.8 Å². The molecule has 2 aromatic rings. The van der Waals surface area contributed by atoms with Crippen LogP contribution in [-0.4, -0.2) is 47.6 Å². The Bertz CT molecular complexity index is 1320. The Labute approximate surface area is 219 Å². The van der Waals surface area contributed by atoms with Gasteiger partial charge in [0.15, 0.2) is 12.4 Å². The van der Waals surface area contributed by atoms with Crippen molar-refractivity contribution in [3.8, 4) is 5.75 Å². The maximum absolute atomic E-state index is 13.0. The second kappa shape index (κ2) is 9.35. The van der Waals surface area contributed by atoms with Crippen molar-refractivity contribution in [1.29, 1.82) is 0 Å². The number of amides is 2. The number of rotatable bonds is 8. The molecule has 38 heavy (non-hydrogen) atoms. The van der Waals surface area contributed by atoms with Crippen LogP contribution in [0.1, 0.15) is 39.1 Å². The zero-order valence-corrected chi connectivity index (χ0v) is 20.9. The van der Waals surface area contributed by atoms with Crippen LogP contribution in [0.25, 0.3) is 0 Å². The summed E-state index contributed by atoms with van der Waals surface area (Å²) in [4.78, 5) is 64.2. The van der Waals surface area contributed by atoms with Crippen LogP contribution in [0.5, 0.6) is 5.75 Å². The molecule has 6 atom stereocenters. The number of carbonyl (C=O) groups is 5. The first-order valence-electron chi connectivity index (χ1n) is 12.9. The van der Waals surface area contributed by atoms with E-state index in [1.807, 2.05) is 19.1 Å². The zero-order chi connectivity index (χ0) is 26.6. The molecule has 1 heterocycles. The number of aryl methyl sites for hydroxylation is 1. The summed E-state index contributed by atoms with van der Waals surface area (Å²) in [5.41, 5.74) is 1.74. The van der Waals surface area contributed by atoms with Gasteiger partial charge in [-0.05, 0) is 73.4 Å². The second-order valence-corrected chi connectivity index (χ2v) is 10.6. The number of hydrogen-bond donors (Lipinski definition) is 0. The molecule has 0 radical (unpaired) electrons. The summed E-state index contributed by atoms with van der Waals surface area (Å²) in [7, 11) is 0. The SMILES string of the molecule is Cc1ccc(C(=O)Oc2ccc(C(=O)COC(=O)CCN3C(=O)C4C5C=CC(C6CC56)C4C3=O)cc2)cc1. The molecular formula is C30H27NO7. The molecule has 1 saturated heterocycles. The van der Waals surface area contributed by atoms with Crippen molar-refractivity contribution in [3.05, 3.63) is 77.4 Å². The van der Waals surface area contributed by atoms with Gasteiger partial charge in [-0.15, -0.1) is 0 Å². The molecule has 1 aliphatic heterocycles. The van der Waals surface area contributed by atoms with E-state index in [0.717, 1.165) is 12.0 Å². The predicted molar refractivity (Wildman–Crippen MR) is 134 cm³/mol. The highest BCUT2D eigenvalue weighted by molar-refractivity contribution is 6.06. The molecule has 4 aliphatic carbocycles. The van der Waals surface area contributed by atoms with E-state index in [0.29, 0.717) is 23.0 Å². The van der Waals surface area contributed by atoms with Crippen LogP contribution < -0.4 is 4.74 Å². The van der Waals surface area contributed by atoms with Crippen LogP contribution in [0.2, 0.25) is 0 Å². The van der Waals surface area contributed by atoms with Gasteiger partial charge in [-0.25, -0.2) is 4.79 Å². The van der Waals surface area contributed by atoms with Gasteiger partial charge in [0.25, 0.3) is 0 Å². The minimum absolute atomic E-state index is 0.0342. The standard InChI is InChI=1S/C30H27NO7/c1-16-2-4-18(5-3-16)30(36)38-19-8-6-17(7-9-19)24(32)15-37-25(33)12-13-31-28(34)26-20-10-11-21(23-14-22(20)23)27(26)29(31)35/h2-11,20-23,26-27H,12-15H2,1H3. The molecule has 5 aliphatic rings. The summed E-state index contributed by atoms with van der Waals surface area (Å²) >= 11 is 0. The number of likely N-dealkylation sites (tertiary alicyclic amines) is 1. The maximum atomic E-state index is 13.0. The Morgan fingerprint density at radius 2 is 1.42 bits per heavy atom. The van der Waals surface area contributed by atoms with Gasteiger partial charge in [0, 0.05) is 12.1 Å². The fourth-order valence-electron chi connectivity index (χ4n) is 6.31. The Morgan fingerprint density at radius 1 is 0.842 bits per heavy atom. The lowest BCUT2D eigenvalue weighted by atomic mass is 9.63. The molecule has 3 fully saturated rings. The van der Waals surface area contributed by atoms with E-state index in [1.54, 1.807) is 12.1 Å². The third-order valence-electron chi connectivity index (χ3n) is 8.33. The number of ether oxygens (including phenoxy) is 2. The number of hydrogen-bond acceptors (Lipinski definition) is 7. The van der Waals surface area contributed by atoms with Gasteiger partial charge >= 0.3 is 11.9 Å². The average molecular weight is 514 g/mol. The lowest BCUT2D eigenvalue weighted by Gasteiger charge is -2.37. The van der Waals surface area contributed by atoms with Crippen LogP contribution in [0.4, 0.5) is 0 Å². The molecule has 2 amide bonds. The van der Waals surface area contributed by atoms with Crippen LogP contribution in [0, 0.1) is 42.4 Å². The molecule has 6 unspecified atom stereocenters. The van der Waals surface area contributed by atoms with E-state index < -0.39 is 24.3 Å². The molecular weight excluding hydrogens is 486 g/mol. The molecule has 8 heteroatoms. The van der Waals surface area contributed by atoms with Crippen molar-refractivity contribution in [2.75, 3.05) is 13.2 Å². The fraction of sp³-hybridized carbons (Fsp3) is 0.367. The van der Waals surface area contributed by atoms with Gasteiger partial charge in [0.1, 0.15) is 5.75 Å². The summed E-state index contributed by atoms with van der Waals surface area (Å²) in [6.45, 7) is 1.42. The van der Waals surface area contributed by atoms with E-state index in [1.165, 1.54) is 29.2 Å². The lowest BCUT2D eigenvalue weighted by Crippen LogP contribution is -2.40. The summed E-state index contributed by atoms with van der Waals surface area (Å²) < 4.78 is 10.4.